The van der Waals surface area contributed by atoms with Gasteiger partial charge in [0.05, 0.1) is 0 Å². The minimum absolute atomic E-state index is 0.265. The number of rotatable bonds is 14. The molecule has 26 nitrogen and oxygen atoms in total. The van der Waals surface area contributed by atoms with Crippen molar-refractivity contribution in [1.29, 1.82) is 0 Å². The second kappa shape index (κ2) is 9.08. The average molecular weight is 476 g/mol. The van der Waals surface area contributed by atoms with Gasteiger partial charge in [-0.15, -0.1) is 0 Å². The molecule has 0 bridgehead atoms. The molecule has 0 radical (unpaired) electrons. The molecule has 0 saturated heterocycles. The highest BCUT2D eigenvalue weighted by Gasteiger charge is 2.76. The Hall–Kier alpha value is -5.20. The highest BCUT2D eigenvalue weighted by Crippen LogP contribution is 2.21. The van der Waals surface area contributed by atoms with Crippen LogP contribution in [0.2, 0.25) is 0 Å². The fraction of sp³-hybridized carbons (Fsp3) is 1.00. The van der Waals surface area contributed by atoms with E-state index in [1.165, 1.54) is 0 Å². The van der Waals surface area contributed by atoms with E-state index in [2.05, 4.69) is 0 Å². The number of hydrogen-bond acceptors (Lipinski definition) is 16. The standard InChI is InChI=1S/C6H8N10O16/c1-4(7(15(29)30)2-5(9(17)18,10(19)20)11(21)22)8(16(31)32)3-6(12(23)24,13(25)26)14(27)28/h4H,2-3H2,1H3. The van der Waals surface area contributed by atoms with Gasteiger partial charge < -0.3 is 0 Å². The lowest BCUT2D eigenvalue weighted by Gasteiger charge is -2.25. The van der Waals surface area contributed by atoms with Gasteiger partial charge in [-0.05, 0) is 6.92 Å². The molecule has 0 amide bonds. The Bertz CT molecular complexity index is 742. The Morgan fingerprint density at radius 2 is 0.719 bits per heavy atom. The van der Waals surface area contributed by atoms with Crippen LogP contribution in [0.1, 0.15) is 6.92 Å². The maximum atomic E-state index is 11.2. The molecule has 0 spiro atoms. The Kier molecular flexibility index (Phi) is 7.61. The van der Waals surface area contributed by atoms with Crippen molar-refractivity contribution >= 4 is 0 Å². The molecule has 0 unspecified atom stereocenters. The molecule has 0 aromatic carbocycles. The number of nitrogens with zero attached hydrogens (tertiary/aromatic N) is 10. The second-order valence-electron chi connectivity index (χ2n) is 5.39. The van der Waals surface area contributed by atoms with E-state index in [1.54, 1.807) is 0 Å². The molecule has 26 heteroatoms. The summed E-state index contributed by atoms with van der Waals surface area (Å²) < 4.78 is 0. The maximum absolute atomic E-state index is 11.2. The van der Waals surface area contributed by atoms with E-state index >= 15 is 0 Å². The summed E-state index contributed by atoms with van der Waals surface area (Å²) in [5.74, 6) is -9.17. The Labute approximate surface area is 169 Å². The first-order valence-corrected chi connectivity index (χ1v) is 7.10. The topological polar surface area (TPSA) is 352 Å². The van der Waals surface area contributed by atoms with Gasteiger partial charge in [-0.2, -0.15) is 0 Å². The van der Waals surface area contributed by atoms with Crippen molar-refractivity contribution in [3.63, 3.8) is 0 Å². The van der Waals surface area contributed by atoms with Gasteiger partial charge in [0.2, 0.25) is 6.17 Å². The lowest BCUT2D eigenvalue weighted by atomic mass is 10.3. The molecule has 0 rings (SSSR count). The summed E-state index contributed by atoms with van der Waals surface area (Å²) in [6.07, 6.45) is -2.81. The summed E-state index contributed by atoms with van der Waals surface area (Å²) in [4.78, 5) is 74.9. The number of hydrazine groups is 2. The average Bonchev–Trinajstić information content (AvgIpc) is 2.60. The molecule has 0 aromatic rings. The molecule has 0 aliphatic rings. The minimum Gasteiger partial charge on any atom is -0.253 e. The Morgan fingerprint density at radius 1 is 0.531 bits per heavy atom. The monoisotopic (exact) mass is 476 g/mol. The highest BCUT2D eigenvalue weighted by molar-refractivity contribution is 4.67. The van der Waals surface area contributed by atoms with Crippen molar-refractivity contribution in [3.8, 4) is 0 Å². The van der Waals surface area contributed by atoms with Crippen LogP contribution >= 0.6 is 0 Å². The Morgan fingerprint density at radius 3 is 0.844 bits per heavy atom. The molecular weight excluding hydrogens is 468 g/mol. The van der Waals surface area contributed by atoms with Crippen molar-refractivity contribution in [2.75, 3.05) is 13.1 Å². The predicted molar refractivity (Wildman–Crippen MR) is 84.3 cm³/mol. The van der Waals surface area contributed by atoms with Crippen molar-refractivity contribution in [3.05, 3.63) is 80.9 Å². The quantitative estimate of drug-likeness (QED) is 0.139. The SMILES string of the molecule is CC(N(CC([N+](=O)[O-])([N+](=O)[O-])[N+](=O)[O-])[N+](=O)[O-])N(CC([N+](=O)[O-])([N+](=O)[O-])[N+](=O)[O-])[N+](=O)[O-]. The van der Waals surface area contributed by atoms with Gasteiger partial charge in [0.25, 0.3) is 0 Å². The summed E-state index contributed by atoms with van der Waals surface area (Å²) in [6, 6.07) is 0. The predicted octanol–water partition coefficient (Wildman–Crippen LogP) is -2.71. The summed E-state index contributed by atoms with van der Waals surface area (Å²) in [7, 11) is 0. The van der Waals surface area contributed by atoms with E-state index in [-0.39, 0.29) is 6.92 Å². The van der Waals surface area contributed by atoms with E-state index in [9.17, 15) is 80.9 Å². The van der Waals surface area contributed by atoms with E-state index in [0.29, 0.717) is 0 Å². The lowest BCUT2D eigenvalue weighted by Crippen LogP contribution is -2.67. The Balaban J connectivity index is 6.65. The molecule has 0 aromatic heterocycles. The smallest absolute Gasteiger partial charge is 0.253 e. The van der Waals surface area contributed by atoms with Crippen molar-refractivity contribution in [2.24, 2.45) is 0 Å². The van der Waals surface area contributed by atoms with Gasteiger partial charge >= 0.3 is 24.7 Å². The summed E-state index contributed by atoms with van der Waals surface area (Å²) >= 11 is 0. The zero-order valence-electron chi connectivity index (χ0n) is 15.0. The molecule has 32 heavy (non-hydrogen) atoms. The zero-order valence-corrected chi connectivity index (χ0v) is 15.0. The molecular formula is C6H8N10O16. The van der Waals surface area contributed by atoms with Gasteiger partial charge in [-0.3, -0.25) is 60.7 Å². The van der Waals surface area contributed by atoms with Crippen LogP contribution < -0.4 is 0 Å². The molecule has 0 aliphatic carbocycles. The second-order valence-corrected chi connectivity index (χ2v) is 5.39. The molecule has 0 N–H and O–H groups in total. The fourth-order valence-electron chi connectivity index (χ4n) is 1.99. The van der Waals surface area contributed by atoms with E-state index < -0.39 is 80.5 Å². The van der Waals surface area contributed by atoms with Crippen LogP contribution in [0.4, 0.5) is 0 Å². The van der Waals surface area contributed by atoms with E-state index in [1.807, 2.05) is 0 Å². The van der Waals surface area contributed by atoms with Crippen LogP contribution in [-0.4, -0.2) is 80.5 Å². The van der Waals surface area contributed by atoms with Crippen LogP contribution in [0.3, 0.4) is 0 Å². The third-order valence-corrected chi connectivity index (χ3v) is 3.78. The van der Waals surface area contributed by atoms with Crippen LogP contribution in [0.15, 0.2) is 0 Å². The zero-order chi connectivity index (χ0) is 25.8. The molecule has 0 aliphatic heterocycles. The third-order valence-electron chi connectivity index (χ3n) is 3.78. The van der Waals surface area contributed by atoms with Crippen molar-refractivity contribution in [2.45, 2.75) is 24.7 Å². The van der Waals surface area contributed by atoms with Gasteiger partial charge in [0, 0.05) is 0 Å². The molecule has 0 heterocycles. The normalized spacial score (nSPS) is 11.3. The third kappa shape index (κ3) is 4.35. The van der Waals surface area contributed by atoms with Crippen molar-refractivity contribution < 1.29 is 39.6 Å². The fourth-order valence-corrected chi connectivity index (χ4v) is 1.99. The molecule has 0 saturated carbocycles. The highest BCUT2D eigenvalue weighted by atomic mass is 16.8. The van der Waals surface area contributed by atoms with E-state index in [4.69, 9.17) is 0 Å². The van der Waals surface area contributed by atoms with Crippen molar-refractivity contribution in [1.82, 2.24) is 10.0 Å². The summed E-state index contributed by atoms with van der Waals surface area (Å²) in [6.45, 7) is -4.62. The van der Waals surface area contributed by atoms with Crippen LogP contribution in [0.25, 0.3) is 0 Å². The number of hydrogen-bond donors (Lipinski definition) is 0. The first-order chi connectivity index (χ1) is 14.4. The minimum atomic E-state index is -4.59. The first-order valence-electron chi connectivity index (χ1n) is 7.10. The van der Waals surface area contributed by atoms with Gasteiger partial charge in [-0.1, -0.05) is 10.0 Å². The van der Waals surface area contributed by atoms with Gasteiger partial charge in [0.1, 0.15) is 0 Å². The van der Waals surface area contributed by atoms with Gasteiger partial charge in [0.15, 0.2) is 39.6 Å². The molecule has 178 valence electrons. The maximum Gasteiger partial charge on any atom is 0.723 e. The first kappa shape index (κ1) is 26.8. The van der Waals surface area contributed by atoms with Crippen LogP contribution in [0.5, 0.6) is 0 Å². The molecule has 0 atom stereocenters. The summed E-state index contributed by atoms with van der Waals surface area (Å²) in [5, 5.41) is 82.5. The van der Waals surface area contributed by atoms with Crippen LogP contribution in [-0.2, 0) is 0 Å². The largest absolute Gasteiger partial charge is 0.723 e. The lowest BCUT2D eigenvalue weighted by molar-refractivity contribution is -0.977. The van der Waals surface area contributed by atoms with E-state index in [0.717, 1.165) is 0 Å². The van der Waals surface area contributed by atoms with Gasteiger partial charge in [-0.25, -0.2) is 20.2 Å². The number of nitro groups is 8. The molecule has 0 fully saturated rings. The summed E-state index contributed by atoms with van der Waals surface area (Å²) in [5.41, 5.74) is 0. The van der Waals surface area contributed by atoms with Crippen LogP contribution in [0, 0.1) is 80.9 Å².